The van der Waals surface area contributed by atoms with E-state index in [1.54, 1.807) is 24.3 Å². The summed E-state index contributed by atoms with van der Waals surface area (Å²) in [7, 11) is 0. The number of alkyl halides is 3. The summed E-state index contributed by atoms with van der Waals surface area (Å²) < 4.78 is 49.6. The summed E-state index contributed by atoms with van der Waals surface area (Å²) in [4.78, 5) is 24.1. The first kappa shape index (κ1) is 19.3. The van der Waals surface area contributed by atoms with Crippen molar-refractivity contribution >= 4 is 17.5 Å². The Morgan fingerprint density at radius 1 is 0.893 bits per heavy atom. The second-order valence-electron chi connectivity index (χ2n) is 5.79. The minimum atomic E-state index is -4.66. The molecule has 0 spiro atoms. The fraction of sp³-hybridized carbons (Fsp3) is 0.158. The van der Waals surface area contributed by atoms with Crippen LogP contribution in [0.5, 0.6) is 0 Å². The summed E-state index contributed by atoms with van der Waals surface area (Å²) in [6.45, 7) is -0.0474. The van der Waals surface area contributed by atoms with Crippen LogP contribution in [0.2, 0.25) is 0 Å². The van der Waals surface area contributed by atoms with Gasteiger partial charge in [0.25, 0.3) is 0 Å². The lowest BCUT2D eigenvalue weighted by Crippen LogP contribution is -2.38. The average Bonchev–Trinajstić information content (AvgIpc) is 3.36. The van der Waals surface area contributed by atoms with Crippen molar-refractivity contribution in [2.45, 2.75) is 12.1 Å². The van der Waals surface area contributed by atoms with E-state index in [4.69, 9.17) is 8.83 Å². The lowest BCUT2D eigenvalue weighted by Gasteiger charge is -2.15. The van der Waals surface area contributed by atoms with E-state index in [0.717, 1.165) is 12.1 Å². The first-order valence-corrected chi connectivity index (χ1v) is 8.18. The number of anilines is 1. The highest BCUT2D eigenvalue weighted by atomic mass is 19.4. The molecule has 0 aliphatic carbocycles. The van der Waals surface area contributed by atoms with Crippen LogP contribution in [-0.2, 0) is 15.8 Å². The van der Waals surface area contributed by atoms with Gasteiger partial charge in [0.2, 0.25) is 0 Å². The summed E-state index contributed by atoms with van der Waals surface area (Å²) in [5.74, 6) is -1.80. The van der Waals surface area contributed by atoms with Crippen LogP contribution in [0.25, 0.3) is 0 Å². The highest BCUT2D eigenvalue weighted by molar-refractivity contribution is 6.39. The van der Waals surface area contributed by atoms with Gasteiger partial charge in [0.1, 0.15) is 11.5 Å². The van der Waals surface area contributed by atoms with E-state index in [1.165, 1.54) is 24.7 Å². The smallest absolute Gasteiger partial charge is 0.418 e. The molecule has 3 rings (SSSR count). The molecule has 0 atom stereocenters. The minimum Gasteiger partial charge on any atom is -0.469 e. The molecule has 6 nitrogen and oxygen atoms in total. The van der Waals surface area contributed by atoms with Gasteiger partial charge in [-0.25, -0.2) is 0 Å². The molecule has 0 aliphatic heterocycles. The molecule has 0 saturated carbocycles. The van der Waals surface area contributed by atoms with Crippen LogP contribution in [0.4, 0.5) is 18.9 Å². The van der Waals surface area contributed by atoms with Crippen molar-refractivity contribution < 1.29 is 31.6 Å². The van der Waals surface area contributed by atoms with Crippen LogP contribution in [-0.4, -0.2) is 18.4 Å². The Labute approximate surface area is 157 Å². The summed E-state index contributed by atoms with van der Waals surface area (Å²) >= 11 is 0. The zero-order chi connectivity index (χ0) is 20.1. The van der Waals surface area contributed by atoms with E-state index in [9.17, 15) is 22.8 Å². The van der Waals surface area contributed by atoms with Gasteiger partial charge in [-0.15, -0.1) is 0 Å². The van der Waals surface area contributed by atoms with Gasteiger partial charge in [0, 0.05) is 6.54 Å². The van der Waals surface area contributed by atoms with Crippen LogP contribution < -0.4 is 10.6 Å². The Hall–Kier alpha value is -3.49. The number of rotatable bonds is 5. The number of hydrogen-bond donors (Lipinski definition) is 2. The third kappa shape index (κ3) is 4.43. The zero-order valence-electron chi connectivity index (χ0n) is 14.3. The Bertz CT molecular complexity index is 900. The Balaban J connectivity index is 1.67. The van der Waals surface area contributed by atoms with Crippen LogP contribution in [0.15, 0.2) is 69.9 Å². The lowest BCUT2D eigenvalue weighted by atomic mass is 10.0. The van der Waals surface area contributed by atoms with Gasteiger partial charge in [0.05, 0.1) is 29.7 Å². The Morgan fingerprint density at radius 3 is 2.04 bits per heavy atom. The maximum atomic E-state index is 13.0. The van der Waals surface area contributed by atoms with Gasteiger partial charge in [-0.1, -0.05) is 12.1 Å². The number of halogens is 3. The minimum absolute atomic E-state index is 0.0474. The van der Waals surface area contributed by atoms with Gasteiger partial charge in [0.15, 0.2) is 0 Å². The summed E-state index contributed by atoms with van der Waals surface area (Å²) in [6, 6.07) is 11.1. The fourth-order valence-corrected chi connectivity index (χ4v) is 2.61. The molecule has 146 valence electrons. The molecule has 0 unspecified atom stereocenters. The van der Waals surface area contributed by atoms with Crippen molar-refractivity contribution in [2.24, 2.45) is 0 Å². The molecule has 0 fully saturated rings. The first-order chi connectivity index (χ1) is 13.4. The van der Waals surface area contributed by atoms with E-state index in [1.807, 2.05) is 5.32 Å². The normalized spacial score (nSPS) is 11.4. The van der Waals surface area contributed by atoms with Gasteiger partial charge in [-0.05, 0) is 36.4 Å². The van der Waals surface area contributed by atoms with E-state index in [2.05, 4.69) is 5.32 Å². The second-order valence-corrected chi connectivity index (χ2v) is 5.79. The highest BCUT2D eigenvalue weighted by Crippen LogP contribution is 2.34. The number of hydrogen-bond acceptors (Lipinski definition) is 4. The molecule has 0 radical (unpaired) electrons. The molecule has 2 aromatic heterocycles. The molecule has 28 heavy (non-hydrogen) atoms. The first-order valence-electron chi connectivity index (χ1n) is 8.18. The quantitative estimate of drug-likeness (QED) is 0.648. The summed E-state index contributed by atoms with van der Waals surface area (Å²) in [5.41, 5.74) is -1.54. The average molecular weight is 392 g/mol. The SMILES string of the molecule is O=C(NCC(c1ccco1)c1ccco1)C(=O)Nc1ccccc1C(F)(F)F. The number of para-hydroxylation sites is 1. The predicted molar refractivity (Wildman–Crippen MR) is 92.3 cm³/mol. The monoisotopic (exact) mass is 392 g/mol. The highest BCUT2D eigenvalue weighted by Gasteiger charge is 2.34. The largest absolute Gasteiger partial charge is 0.469 e. The van der Waals surface area contributed by atoms with Crippen LogP contribution in [0, 0.1) is 0 Å². The van der Waals surface area contributed by atoms with E-state index < -0.39 is 35.2 Å². The molecule has 2 N–H and O–H groups in total. The molecule has 0 bridgehead atoms. The van der Waals surface area contributed by atoms with Crippen molar-refractivity contribution in [3.05, 3.63) is 78.1 Å². The lowest BCUT2D eigenvalue weighted by molar-refractivity contribution is -0.138. The Kier molecular flexibility index (Phi) is 5.53. The zero-order valence-corrected chi connectivity index (χ0v) is 14.3. The summed E-state index contributed by atoms with van der Waals surface area (Å²) in [5, 5.41) is 4.38. The molecule has 1 aromatic carbocycles. The van der Waals surface area contributed by atoms with E-state index in [-0.39, 0.29) is 6.54 Å². The molecular formula is C19H15F3N2O4. The van der Waals surface area contributed by atoms with E-state index >= 15 is 0 Å². The summed E-state index contributed by atoms with van der Waals surface area (Å²) in [6.07, 6.45) is -1.76. The molecule has 9 heteroatoms. The van der Waals surface area contributed by atoms with E-state index in [0.29, 0.717) is 11.5 Å². The topological polar surface area (TPSA) is 84.5 Å². The standard InChI is InChI=1S/C19H15F3N2O4/c20-19(21,22)13-5-1-2-6-14(13)24-18(26)17(25)23-11-12(15-7-3-9-27-15)16-8-4-10-28-16/h1-10,12H,11H2,(H,23,25)(H,24,26). The van der Waals surface area contributed by atoms with Crippen molar-refractivity contribution in [1.29, 1.82) is 0 Å². The predicted octanol–water partition coefficient (Wildman–Crippen LogP) is 3.78. The molecule has 3 aromatic rings. The number of benzene rings is 1. The van der Waals surface area contributed by atoms with Crippen molar-refractivity contribution in [2.75, 3.05) is 11.9 Å². The number of furan rings is 2. The van der Waals surface area contributed by atoms with Crippen molar-refractivity contribution in [1.82, 2.24) is 5.32 Å². The Morgan fingerprint density at radius 2 is 1.50 bits per heavy atom. The van der Waals surface area contributed by atoms with Crippen LogP contribution in [0.1, 0.15) is 23.0 Å². The van der Waals surface area contributed by atoms with Gasteiger partial charge in [-0.2, -0.15) is 13.2 Å². The number of carbonyl (C=O) groups is 2. The molecule has 2 heterocycles. The van der Waals surface area contributed by atoms with Crippen molar-refractivity contribution in [3.63, 3.8) is 0 Å². The van der Waals surface area contributed by atoms with Gasteiger partial charge in [-0.3, -0.25) is 9.59 Å². The second kappa shape index (κ2) is 8.03. The number of amides is 2. The third-order valence-electron chi connectivity index (χ3n) is 3.93. The molecule has 2 amide bonds. The fourth-order valence-electron chi connectivity index (χ4n) is 2.61. The van der Waals surface area contributed by atoms with Crippen molar-refractivity contribution in [3.8, 4) is 0 Å². The van der Waals surface area contributed by atoms with Gasteiger partial charge < -0.3 is 19.5 Å². The maximum absolute atomic E-state index is 13.0. The van der Waals surface area contributed by atoms with Crippen LogP contribution >= 0.6 is 0 Å². The third-order valence-corrected chi connectivity index (χ3v) is 3.93. The maximum Gasteiger partial charge on any atom is 0.418 e. The molecule has 0 aliphatic rings. The molecular weight excluding hydrogens is 377 g/mol. The number of nitrogens with one attached hydrogen (secondary N) is 2. The van der Waals surface area contributed by atoms with Gasteiger partial charge >= 0.3 is 18.0 Å². The van der Waals surface area contributed by atoms with Crippen LogP contribution in [0.3, 0.4) is 0 Å². The molecule has 0 saturated heterocycles. The number of carbonyl (C=O) groups excluding carboxylic acids is 2.